The molecule has 3 heteroatoms. The first-order valence-electron chi connectivity index (χ1n) is 6.26. The normalized spacial score (nSPS) is 17.2. The summed E-state index contributed by atoms with van der Waals surface area (Å²) < 4.78 is 0.928. The highest BCUT2D eigenvalue weighted by molar-refractivity contribution is 9.10. The third-order valence-electron chi connectivity index (χ3n) is 3.70. The lowest BCUT2D eigenvalue weighted by Crippen LogP contribution is -2.14. The second kappa shape index (κ2) is 4.82. The first kappa shape index (κ1) is 12.4. The number of hydrogen-bond acceptors (Lipinski definition) is 1. The second-order valence-electron chi connectivity index (χ2n) is 4.81. The Hall–Kier alpha value is -1.61. The van der Waals surface area contributed by atoms with Crippen molar-refractivity contribution in [2.24, 2.45) is 0 Å². The maximum absolute atomic E-state index is 11.7. The lowest BCUT2D eigenvalue weighted by Gasteiger charge is -2.16. The Morgan fingerprint density at radius 1 is 1.05 bits per heavy atom. The van der Waals surface area contributed by atoms with E-state index in [2.05, 4.69) is 15.9 Å². The van der Waals surface area contributed by atoms with Crippen molar-refractivity contribution in [1.82, 2.24) is 0 Å². The summed E-state index contributed by atoms with van der Waals surface area (Å²) in [5, 5.41) is 9.63. The number of carboxylic acids is 1. The molecule has 0 saturated heterocycles. The van der Waals surface area contributed by atoms with Crippen LogP contribution in [0, 0.1) is 0 Å². The molecule has 96 valence electrons. The van der Waals surface area contributed by atoms with Crippen LogP contribution in [-0.2, 0) is 17.6 Å². The van der Waals surface area contributed by atoms with Crippen LogP contribution in [-0.4, -0.2) is 11.1 Å². The quantitative estimate of drug-likeness (QED) is 0.869. The van der Waals surface area contributed by atoms with Gasteiger partial charge in [0.05, 0.1) is 0 Å². The van der Waals surface area contributed by atoms with Gasteiger partial charge >= 0.3 is 5.97 Å². The molecular weight excluding hydrogens is 304 g/mol. The molecule has 0 aliphatic heterocycles. The van der Waals surface area contributed by atoms with Gasteiger partial charge in [-0.25, -0.2) is 0 Å². The Bertz CT molecular complexity index is 649. The van der Waals surface area contributed by atoms with Crippen molar-refractivity contribution in [1.29, 1.82) is 0 Å². The summed E-state index contributed by atoms with van der Waals surface area (Å²) in [5.41, 5.74) is 4.10. The molecule has 1 aliphatic rings. The largest absolute Gasteiger partial charge is 0.481 e. The van der Waals surface area contributed by atoms with Gasteiger partial charge in [0.15, 0.2) is 0 Å². The van der Waals surface area contributed by atoms with E-state index in [-0.39, 0.29) is 0 Å². The molecule has 0 fully saturated rings. The van der Waals surface area contributed by atoms with Gasteiger partial charge in [-0.05, 0) is 47.2 Å². The summed E-state index contributed by atoms with van der Waals surface area (Å²) >= 11 is 3.44. The number of halogens is 1. The van der Waals surface area contributed by atoms with Gasteiger partial charge in [0.1, 0.15) is 5.92 Å². The van der Waals surface area contributed by atoms with E-state index in [0.29, 0.717) is 0 Å². The monoisotopic (exact) mass is 316 g/mol. The molecule has 1 N–H and O–H groups in total. The molecule has 2 aromatic carbocycles. The lowest BCUT2D eigenvalue weighted by atomic mass is 9.88. The minimum absolute atomic E-state index is 0.564. The Kier molecular flexibility index (Phi) is 3.15. The molecular formula is C16H13BrO2. The van der Waals surface area contributed by atoms with Crippen LogP contribution >= 0.6 is 15.9 Å². The van der Waals surface area contributed by atoms with Gasteiger partial charge in [0, 0.05) is 4.47 Å². The molecule has 0 heterocycles. The fourth-order valence-corrected chi connectivity index (χ4v) is 3.19. The first-order chi connectivity index (χ1) is 9.16. The number of fused-ring (bicyclic) bond motifs is 2. The average Bonchev–Trinajstić information content (AvgIpc) is 2.54. The summed E-state index contributed by atoms with van der Waals surface area (Å²) in [4.78, 5) is 11.7. The molecule has 0 aromatic heterocycles. The number of rotatable bonds is 1. The van der Waals surface area contributed by atoms with Crippen LogP contribution in [0.15, 0.2) is 46.9 Å². The van der Waals surface area contributed by atoms with E-state index >= 15 is 0 Å². The van der Waals surface area contributed by atoms with E-state index in [0.717, 1.165) is 39.6 Å². The van der Waals surface area contributed by atoms with Gasteiger partial charge in [0.25, 0.3) is 0 Å². The van der Waals surface area contributed by atoms with E-state index in [1.54, 1.807) is 0 Å². The topological polar surface area (TPSA) is 37.3 Å². The standard InChI is InChI=1S/C16H13BrO2/c17-12-8-7-11-6-5-10-3-1-2-4-13(10)15(16(18)19)14(11)9-12/h1-4,7-9,15H,5-6H2,(H,18,19). The maximum atomic E-state index is 11.7. The van der Waals surface area contributed by atoms with Gasteiger partial charge in [-0.3, -0.25) is 4.79 Å². The van der Waals surface area contributed by atoms with Crippen molar-refractivity contribution >= 4 is 21.9 Å². The first-order valence-corrected chi connectivity index (χ1v) is 7.05. The van der Waals surface area contributed by atoms with Crippen LogP contribution < -0.4 is 0 Å². The zero-order chi connectivity index (χ0) is 13.4. The van der Waals surface area contributed by atoms with Crippen LogP contribution in [0.5, 0.6) is 0 Å². The minimum atomic E-state index is -0.784. The third-order valence-corrected chi connectivity index (χ3v) is 4.19. The highest BCUT2D eigenvalue weighted by atomic mass is 79.9. The predicted molar refractivity (Wildman–Crippen MR) is 77.5 cm³/mol. The summed E-state index contributed by atoms with van der Waals surface area (Å²) in [5.74, 6) is -1.35. The summed E-state index contributed by atoms with van der Waals surface area (Å²) in [6, 6.07) is 13.8. The molecule has 0 spiro atoms. The Balaban J connectivity index is 2.25. The predicted octanol–water partition coefficient (Wildman–Crippen LogP) is 3.76. The number of aliphatic carboxylic acids is 1. The molecule has 2 aromatic rings. The van der Waals surface area contributed by atoms with Crippen LogP contribution in [0.1, 0.15) is 28.2 Å². The molecule has 0 bridgehead atoms. The SMILES string of the molecule is O=C(O)C1c2ccccc2CCc2ccc(Br)cc21. The number of benzene rings is 2. The Labute approximate surface area is 120 Å². The van der Waals surface area contributed by atoms with Crippen LogP contribution in [0.25, 0.3) is 0 Å². The summed E-state index contributed by atoms with van der Waals surface area (Å²) in [6.45, 7) is 0. The van der Waals surface area contributed by atoms with Crippen molar-refractivity contribution in [3.05, 3.63) is 69.2 Å². The lowest BCUT2D eigenvalue weighted by molar-refractivity contribution is -0.137. The molecule has 0 saturated carbocycles. The fourth-order valence-electron chi connectivity index (χ4n) is 2.81. The van der Waals surface area contributed by atoms with Gasteiger partial charge in [-0.1, -0.05) is 46.3 Å². The van der Waals surface area contributed by atoms with E-state index in [1.807, 2.05) is 42.5 Å². The van der Waals surface area contributed by atoms with E-state index in [1.165, 1.54) is 0 Å². The van der Waals surface area contributed by atoms with Gasteiger partial charge in [-0.15, -0.1) is 0 Å². The highest BCUT2D eigenvalue weighted by Crippen LogP contribution is 2.35. The second-order valence-corrected chi connectivity index (χ2v) is 5.73. The summed E-state index contributed by atoms with van der Waals surface area (Å²) in [6.07, 6.45) is 1.79. The zero-order valence-corrected chi connectivity index (χ0v) is 11.9. The van der Waals surface area contributed by atoms with Crippen molar-refractivity contribution in [2.45, 2.75) is 18.8 Å². The van der Waals surface area contributed by atoms with Crippen LogP contribution in [0.4, 0.5) is 0 Å². The molecule has 1 aliphatic carbocycles. The van der Waals surface area contributed by atoms with E-state index in [9.17, 15) is 9.90 Å². The highest BCUT2D eigenvalue weighted by Gasteiger charge is 2.29. The Morgan fingerprint density at radius 2 is 1.74 bits per heavy atom. The summed E-state index contributed by atoms with van der Waals surface area (Å²) in [7, 11) is 0. The number of aryl methyl sites for hydroxylation is 2. The molecule has 19 heavy (non-hydrogen) atoms. The Morgan fingerprint density at radius 3 is 2.47 bits per heavy atom. The van der Waals surface area contributed by atoms with Crippen molar-refractivity contribution < 1.29 is 9.90 Å². The molecule has 0 amide bonds. The number of carbonyl (C=O) groups is 1. The molecule has 1 unspecified atom stereocenters. The van der Waals surface area contributed by atoms with Crippen molar-refractivity contribution in [3.8, 4) is 0 Å². The number of carboxylic acid groups (broad SMARTS) is 1. The fraction of sp³-hybridized carbons (Fsp3) is 0.188. The molecule has 3 rings (SSSR count). The molecule has 2 nitrogen and oxygen atoms in total. The third kappa shape index (κ3) is 2.19. The van der Waals surface area contributed by atoms with Crippen molar-refractivity contribution in [3.63, 3.8) is 0 Å². The minimum Gasteiger partial charge on any atom is -0.481 e. The zero-order valence-electron chi connectivity index (χ0n) is 10.3. The van der Waals surface area contributed by atoms with E-state index < -0.39 is 11.9 Å². The molecule has 0 radical (unpaired) electrons. The van der Waals surface area contributed by atoms with Crippen LogP contribution in [0.3, 0.4) is 0 Å². The molecule has 1 atom stereocenters. The van der Waals surface area contributed by atoms with Gasteiger partial charge in [-0.2, -0.15) is 0 Å². The number of hydrogen-bond donors (Lipinski definition) is 1. The maximum Gasteiger partial charge on any atom is 0.315 e. The van der Waals surface area contributed by atoms with Gasteiger partial charge in [0.2, 0.25) is 0 Å². The van der Waals surface area contributed by atoms with E-state index in [4.69, 9.17) is 0 Å². The average molecular weight is 317 g/mol. The van der Waals surface area contributed by atoms with Gasteiger partial charge < -0.3 is 5.11 Å². The smallest absolute Gasteiger partial charge is 0.315 e. The van der Waals surface area contributed by atoms with Crippen molar-refractivity contribution in [2.75, 3.05) is 0 Å². The van der Waals surface area contributed by atoms with Crippen LogP contribution in [0.2, 0.25) is 0 Å².